The van der Waals surface area contributed by atoms with Crippen LogP contribution >= 0.6 is 0 Å². The van der Waals surface area contributed by atoms with Crippen molar-refractivity contribution in [2.24, 2.45) is 0 Å². The molecule has 0 fully saturated rings. The summed E-state index contributed by atoms with van der Waals surface area (Å²) in [5.41, 5.74) is 0.788. The second-order valence-electron chi connectivity index (χ2n) is 3.67. The number of ketones is 2. The van der Waals surface area contributed by atoms with E-state index in [1.807, 2.05) is 0 Å². The first-order valence-corrected chi connectivity index (χ1v) is 5.68. The standard InChI is InChI=1S/C12H12N2O4.CH4O/c1-6(15)11(16)7-4-13-10-9(7)8(17-2)5-14-12(10)18-3;1-2/h4-5,13H,1-3H3;2H,1H3. The van der Waals surface area contributed by atoms with Crippen LogP contribution in [0.25, 0.3) is 10.9 Å². The van der Waals surface area contributed by atoms with E-state index in [4.69, 9.17) is 14.6 Å². The van der Waals surface area contributed by atoms with Gasteiger partial charge in [0.15, 0.2) is 5.78 Å². The molecule has 2 aromatic heterocycles. The summed E-state index contributed by atoms with van der Waals surface area (Å²) in [5, 5.41) is 7.50. The largest absolute Gasteiger partial charge is 0.494 e. The number of aromatic amines is 1. The van der Waals surface area contributed by atoms with Crippen LogP contribution in [0.4, 0.5) is 0 Å². The van der Waals surface area contributed by atoms with Crippen molar-refractivity contribution < 1.29 is 24.2 Å². The number of rotatable bonds is 4. The van der Waals surface area contributed by atoms with E-state index in [-0.39, 0.29) is 5.56 Å². The zero-order valence-electron chi connectivity index (χ0n) is 11.7. The van der Waals surface area contributed by atoms with Crippen molar-refractivity contribution in [2.45, 2.75) is 6.92 Å². The molecule has 0 aromatic carbocycles. The highest BCUT2D eigenvalue weighted by atomic mass is 16.5. The number of methoxy groups -OCH3 is 2. The number of nitrogens with one attached hydrogen (secondary N) is 1. The van der Waals surface area contributed by atoms with Crippen molar-refractivity contribution >= 4 is 22.5 Å². The van der Waals surface area contributed by atoms with Gasteiger partial charge in [0.05, 0.1) is 31.4 Å². The number of carbonyl (C=O) groups is 2. The lowest BCUT2D eigenvalue weighted by atomic mass is 10.1. The van der Waals surface area contributed by atoms with E-state index < -0.39 is 11.6 Å². The van der Waals surface area contributed by atoms with Crippen molar-refractivity contribution in [3.05, 3.63) is 18.0 Å². The van der Waals surface area contributed by atoms with Crippen molar-refractivity contribution in [1.29, 1.82) is 0 Å². The number of carbonyl (C=O) groups excluding carboxylic acids is 2. The number of hydrogen-bond donors (Lipinski definition) is 2. The molecule has 0 saturated carbocycles. The molecule has 2 heterocycles. The molecule has 7 heteroatoms. The molecule has 0 unspecified atom stereocenters. The summed E-state index contributed by atoms with van der Waals surface area (Å²) < 4.78 is 10.2. The van der Waals surface area contributed by atoms with Crippen LogP contribution < -0.4 is 9.47 Å². The topological polar surface area (TPSA) is 102 Å². The molecule has 2 N–H and O–H groups in total. The van der Waals surface area contributed by atoms with Crippen LogP contribution in [0.15, 0.2) is 12.4 Å². The Hall–Kier alpha value is -2.41. The van der Waals surface area contributed by atoms with Crippen molar-refractivity contribution in [3.63, 3.8) is 0 Å². The Labute approximate surface area is 115 Å². The third-order valence-corrected chi connectivity index (χ3v) is 2.62. The predicted molar refractivity (Wildman–Crippen MR) is 72.4 cm³/mol. The van der Waals surface area contributed by atoms with Gasteiger partial charge < -0.3 is 19.6 Å². The molecule has 0 radical (unpaired) electrons. The van der Waals surface area contributed by atoms with Crippen molar-refractivity contribution in [1.82, 2.24) is 9.97 Å². The fourth-order valence-electron chi connectivity index (χ4n) is 1.77. The molecule has 0 aliphatic carbocycles. The lowest BCUT2D eigenvalue weighted by Crippen LogP contribution is -2.09. The molecule has 0 saturated heterocycles. The molecule has 7 nitrogen and oxygen atoms in total. The van der Waals surface area contributed by atoms with Gasteiger partial charge in [0.2, 0.25) is 11.7 Å². The summed E-state index contributed by atoms with van der Waals surface area (Å²) in [6.07, 6.45) is 2.91. The van der Waals surface area contributed by atoms with Crippen LogP contribution in [0.5, 0.6) is 11.6 Å². The van der Waals surface area contributed by atoms with Gasteiger partial charge in [-0.25, -0.2) is 4.98 Å². The Bertz CT molecular complexity index is 633. The first-order valence-electron chi connectivity index (χ1n) is 5.68. The van der Waals surface area contributed by atoms with Crippen LogP contribution in [0.2, 0.25) is 0 Å². The average molecular weight is 280 g/mol. The number of nitrogens with zero attached hydrogens (tertiary/aromatic N) is 1. The smallest absolute Gasteiger partial charge is 0.238 e. The summed E-state index contributed by atoms with van der Waals surface area (Å²) >= 11 is 0. The summed E-state index contributed by atoms with van der Waals surface area (Å²) in [6.45, 7) is 1.23. The highest BCUT2D eigenvalue weighted by Gasteiger charge is 2.21. The van der Waals surface area contributed by atoms with Gasteiger partial charge in [-0.1, -0.05) is 0 Å². The van der Waals surface area contributed by atoms with Gasteiger partial charge in [0.25, 0.3) is 0 Å². The zero-order valence-corrected chi connectivity index (χ0v) is 11.7. The van der Waals surface area contributed by atoms with Gasteiger partial charge in [0.1, 0.15) is 11.3 Å². The number of aromatic nitrogens is 2. The summed E-state index contributed by atoms with van der Waals surface area (Å²) in [5.74, 6) is -0.355. The van der Waals surface area contributed by atoms with E-state index >= 15 is 0 Å². The van der Waals surface area contributed by atoms with E-state index in [1.165, 1.54) is 33.5 Å². The number of Topliss-reactive ketones (excluding diaryl/α,β-unsaturated/α-hetero) is 2. The number of aliphatic hydroxyl groups excluding tert-OH is 1. The Morgan fingerprint density at radius 3 is 2.40 bits per heavy atom. The molecule has 0 bridgehead atoms. The fourth-order valence-corrected chi connectivity index (χ4v) is 1.77. The SMILES string of the molecule is CO.COc1ncc(OC)c2c(C(=O)C(C)=O)c[nH]c12. The highest BCUT2D eigenvalue weighted by molar-refractivity contribution is 6.45. The van der Waals surface area contributed by atoms with Crippen molar-refractivity contribution in [2.75, 3.05) is 21.3 Å². The van der Waals surface area contributed by atoms with Gasteiger partial charge in [-0.15, -0.1) is 0 Å². The number of ether oxygens (including phenoxy) is 2. The van der Waals surface area contributed by atoms with Crippen LogP contribution in [-0.4, -0.2) is 48.0 Å². The zero-order chi connectivity index (χ0) is 15.3. The van der Waals surface area contributed by atoms with Crippen LogP contribution in [0.3, 0.4) is 0 Å². The van der Waals surface area contributed by atoms with Gasteiger partial charge in [0, 0.05) is 20.2 Å². The highest BCUT2D eigenvalue weighted by Crippen LogP contribution is 2.33. The fraction of sp³-hybridized carbons (Fsp3) is 0.308. The Morgan fingerprint density at radius 1 is 1.25 bits per heavy atom. The molecular formula is C13H16N2O5. The molecule has 0 spiro atoms. The monoisotopic (exact) mass is 280 g/mol. The molecular weight excluding hydrogens is 264 g/mol. The lowest BCUT2D eigenvalue weighted by Gasteiger charge is -2.05. The number of pyridine rings is 1. The summed E-state index contributed by atoms with van der Waals surface area (Å²) in [7, 11) is 3.94. The van der Waals surface area contributed by atoms with Gasteiger partial charge in [-0.3, -0.25) is 9.59 Å². The molecule has 0 aliphatic rings. The van der Waals surface area contributed by atoms with Gasteiger partial charge >= 0.3 is 0 Å². The first-order chi connectivity index (χ1) is 9.60. The number of H-pyrrole nitrogens is 1. The second-order valence-corrected chi connectivity index (χ2v) is 3.67. The first kappa shape index (κ1) is 15.6. The number of hydrogen-bond acceptors (Lipinski definition) is 6. The minimum absolute atomic E-state index is 0.259. The quantitative estimate of drug-likeness (QED) is 0.639. The third-order valence-electron chi connectivity index (χ3n) is 2.62. The average Bonchev–Trinajstić information content (AvgIpc) is 2.92. The maximum Gasteiger partial charge on any atom is 0.238 e. The molecule has 20 heavy (non-hydrogen) atoms. The Morgan fingerprint density at radius 2 is 1.90 bits per heavy atom. The van der Waals surface area contributed by atoms with E-state index in [2.05, 4.69) is 9.97 Å². The normalized spacial score (nSPS) is 9.65. The van der Waals surface area contributed by atoms with E-state index in [0.29, 0.717) is 22.5 Å². The van der Waals surface area contributed by atoms with E-state index in [9.17, 15) is 9.59 Å². The molecule has 2 rings (SSSR count). The van der Waals surface area contributed by atoms with Gasteiger partial charge in [-0.05, 0) is 0 Å². The second kappa shape index (κ2) is 6.67. The Balaban J connectivity index is 0.000000956. The van der Waals surface area contributed by atoms with E-state index in [0.717, 1.165) is 7.11 Å². The molecule has 108 valence electrons. The lowest BCUT2D eigenvalue weighted by molar-refractivity contribution is -0.113. The van der Waals surface area contributed by atoms with Crippen molar-refractivity contribution in [3.8, 4) is 11.6 Å². The third kappa shape index (κ3) is 2.62. The van der Waals surface area contributed by atoms with Gasteiger partial charge in [-0.2, -0.15) is 0 Å². The maximum absolute atomic E-state index is 11.8. The molecule has 0 amide bonds. The minimum atomic E-state index is -0.576. The molecule has 0 aliphatic heterocycles. The predicted octanol–water partition coefficient (Wildman–Crippen LogP) is 0.960. The Kier molecular flexibility index (Phi) is 5.22. The molecule has 2 aromatic rings. The summed E-state index contributed by atoms with van der Waals surface area (Å²) in [6, 6.07) is 0. The minimum Gasteiger partial charge on any atom is -0.494 e. The molecule has 0 atom stereocenters. The van der Waals surface area contributed by atoms with Crippen LogP contribution in [0, 0.1) is 0 Å². The number of aliphatic hydroxyl groups is 1. The van der Waals surface area contributed by atoms with E-state index in [1.54, 1.807) is 0 Å². The summed E-state index contributed by atoms with van der Waals surface area (Å²) in [4.78, 5) is 29.9. The van der Waals surface area contributed by atoms with Crippen LogP contribution in [-0.2, 0) is 4.79 Å². The number of fused-ring (bicyclic) bond motifs is 1. The van der Waals surface area contributed by atoms with Crippen LogP contribution in [0.1, 0.15) is 17.3 Å². The maximum atomic E-state index is 11.8.